The first-order valence-electron chi connectivity index (χ1n) is 11.1. The second-order valence-electron chi connectivity index (χ2n) is 7.71. The summed E-state index contributed by atoms with van der Waals surface area (Å²) >= 11 is 0. The molecule has 1 amide bonds. The molecule has 0 radical (unpaired) electrons. The highest BCUT2D eigenvalue weighted by Crippen LogP contribution is 2.23. The molecule has 0 fully saturated rings. The molecule has 34 heavy (non-hydrogen) atoms. The maximum atomic E-state index is 12.3. The molecule has 0 saturated carbocycles. The van der Waals surface area contributed by atoms with Crippen LogP contribution in [0.15, 0.2) is 77.9 Å². The molecule has 7 nitrogen and oxygen atoms in total. The van der Waals surface area contributed by atoms with Gasteiger partial charge in [0.05, 0.1) is 38.0 Å². The Balaban J connectivity index is 1.42. The van der Waals surface area contributed by atoms with Crippen molar-refractivity contribution < 1.29 is 19.0 Å². The standard InChI is InChI=1S/C27H27N3O4/c1-32-24-16-21-22(17-25(24)33-2)28-15-7-11-23(21)34-27-14-13-20(18-29-27)30-26(31)12-6-10-19-8-4-3-5-9-19/h3-5,7-9,11,13-14,16-18H,6,10,12,15H2,1-2H3,(H,30,31). The lowest BCUT2D eigenvalue weighted by Gasteiger charge is -2.10. The van der Waals surface area contributed by atoms with Gasteiger partial charge >= 0.3 is 0 Å². The van der Waals surface area contributed by atoms with Crippen LogP contribution in [0.1, 0.15) is 18.4 Å². The maximum Gasteiger partial charge on any atom is 0.224 e. The molecule has 1 aliphatic heterocycles. The van der Waals surface area contributed by atoms with E-state index in [0.717, 1.165) is 23.4 Å². The molecule has 0 bridgehead atoms. The van der Waals surface area contributed by atoms with Crippen molar-refractivity contribution in [3.05, 3.63) is 89.1 Å². The molecular weight excluding hydrogens is 430 g/mol. The Kier molecular flexibility index (Phi) is 7.55. The van der Waals surface area contributed by atoms with Gasteiger partial charge in [-0.3, -0.25) is 9.79 Å². The molecule has 0 aliphatic carbocycles. The number of hydrogen-bond donors (Lipinski definition) is 1. The first-order chi connectivity index (χ1) is 16.7. The average Bonchev–Trinajstić information content (AvgIpc) is 3.06. The first kappa shape index (κ1) is 23.0. The third-order valence-corrected chi connectivity index (χ3v) is 5.35. The molecule has 0 unspecified atom stereocenters. The van der Waals surface area contributed by atoms with Crippen molar-refractivity contribution >= 4 is 17.4 Å². The number of carbonyl (C=O) groups is 1. The number of aromatic nitrogens is 1. The van der Waals surface area contributed by atoms with Crippen LogP contribution in [0.5, 0.6) is 17.4 Å². The zero-order valence-corrected chi connectivity index (χ0v) is 19.3. The molecule has 1 aromatic heterocycles. The van der Waals surface area contributed by atoms with Gasteiger partial charge < -0.3 is 19.5 Å². The molecule has 0 spiro atoms. The molecule has 1 N–H and O–H groups in total. The fourth-order valence-corrected chi connectivity index (χ4v) is 3.63. The van der Waals surface area contributed by atoms with Gasteiger partial charge in [-0.15, -0.1) is 0 Å². The third kappa shape index (κ3) is 5.81. The summed E-state index contributed by atoms with van der Waals surface area (Å²) in [6.45, 7) is 0.526. The summed E-state index contributed by atoms with van der Waals surface area (Å²) in [5.74, 6) is 2.16. The van der Waals surface area contributed by atoms with Crippen molar-refractivity contribution in [3.63, 3.8) is 0 Å². The number of ether oxygens (including phenoxy) is 3. The summed E-state index contributed by atoms with van der Waals surface area (Å²) in [7, 11) is 3.18. The maximum absolute atomic E-state index is 12.3. The minimum Gasteiger partial charge on any atom is -0.493 e. The van der Waals surface area contributed by atoms with Gasteiger partial charge in [0.1, 0.15) is 5.76 Å². The second kappa shape index (κ2) is 11.1. The highest BCUT2D eigenvalue weighted by molar-refractivity contribution is 5.90. The summed E-state index contributed by atoms with van der Waals surface area (Å²) in [6, 6.07) is 17.3. The molecule has 0 atom stereocenters. The Hall–Kier alpha value is -4.13. The number of anilines is 1. The summed E-state index contributed by atoms with van der Waals surface area (Å²) in [4.78, 5) is 21.2. The minimum absolute atomic E-state index is 0.0379. The van der Waals surface area contributed by atoms with Gasteiger partial charge in [-0.2, -0.15) is 0 Å². The molecule has 1 aliphatic rings. The Morgan fingerprint density at radius 3 is 2.56 bits per heavy atom. The van der Waals surface area contributed by atoms with Gasteiger partial charge in [0, 0.05) is 23.8 Å². The number of carbonyl (C=O) groups excluding carboxylic acids is 1. The molecule has 4 rings (SSSR count). The Bertz CT molecular complexity index is 1290. The van der Waals surface area contributed by atoms with Gasteiger partial charge in [0.15, 0.2) is 11.5 Å². The lowest BCUT2D eigenvalue weighted by atomic mass is 10.1. The van der Waals surface area contributed by atoms with Gasteiger partial charge in [-0.1, -0.05) is 36.4 Å². The molecular formula is C27H27N3O4. The first-order valence-corrected chi connectivity index (χ1v) is 11.1. The highest BCUT2D eigenvalue weighted by atomic mass is 16.5. The Labute approximate surface area is 198 Å². The zero-order valence-electron chi connectivity index (χ0n) is 19.3. The van der Waals surface area contributed by atoms with Crippen molar-refractivity contribution in [2.24, 2.45) is 4.99 Å². The lowest BCUT2D eigenvalue weighted by Crippen LogP contribution is -2.28. The number of fused-ring (bicyclic) bond motifs is 1. The number of methoxy groups -OCH3 is 2. The van der Waals surface area contributed by atoms with E-state index in [1.807, 2.05) is 42.5 Å². The highest BCUT2D eigenvalue weighted by Gasteiger charge is 2.11. The monoisotopic (exact) mass is 457 g/mol. The number of hydrogen-bond acceptors (Lipinski definition) is 6. The van der Waals surface area contributed by atoms with E-state index < -0.39 is 0 Å². The zero-order chi connectivity index (χ0) is 23.8. The fourth-order valence-electron chi connectivity index (χ4n) is 3.63. The van der Waals surface area contributed by atoms with Crippen LogP contribution < -0.4 is 30.1 Å². The number of nitrogens with one attached hydrogen (secondary N) is 1. The SMILES string of the molecule is COc1cc2c(cc1OC)=C(Oc1ccc(NC(=O)CCCc3ccccc3)cn1)C=CCN=2. The van der Waals surface area contributed by atoms with Crippen molar-refractivity contribution in [2.75, 3.05) is 26.1 Å². The summed E-state index contributed by atoms with van der Waals surface area (Å²) < 4.78 is 16.9. The molecule has 0 saturated heterocycles. The number of aryl methyl sites for hydroxylation is 1. The molecule has 7 heteroatoms. The normalized spacial score (nSPS) is 12.2. The van der Waals surface area contributed by atoms with E-state index in [-0.39, 0.29) is 5.91 Å². The second-order valence-corrected chi connectivity index (χ2v) is 7.71. The van der Waals surface area contributed by atoms with Crippen LogP contribution in [0.3, 0.4) is 0 Å². The Morgan fingerprint density at radius 2 is 1.82 bits per heavy atom. The number of pyridine rings is 1. The molecule has 3 aromatic rings. The van der Waals surface area contributed by atoms with E-state index in [4.69, 9.17) is 14.2 Å². The number of amides is 1. The summed E-state index contributed by atoms with van der Waals surface area (Å²) in [6.07, 6.45) is 7.47. The number of nitrogens with zero attached hydrogens (tertiary/aromatic N) is 2. The van der Waals surface area contributed by atoms with Crippen molar-refractivity contribution in [1.29, 1.82) is 0 Å². The van der Waals surface area contributed by atoms with Crippen LogP contribution in [0, 0.1) is 0 Å². The van der Waals surface area contributed by atoms with Crippen molar-refractivity contribution in [2.45, 2.75) is 19.3 Å². The lowest BCUT2D eigenvalue weighted by molar-refractivity contribution is -0.116. The smallest absolute Gasteiger partial charge is 0.224 e. The molecule has 2 heterocycles. The third-order valence-electron chi connectivity index (χ3n) is 5.35. The predicted octanol–water partition coefficient (Wildman–Crippen LogP) is 3.44. The fraction of sp³-hybridized carbons (Fsp3) is 0.222. The summed E-state index contributed by atoms with van der Waals surface area (Å²) in [5.41, 5.74) is 1.86. The van der Waals surface area contributed by atoms with Crippen molar-refractivity contribution in [1.82, 2.24) is 4.98 Å². The largest absolute Gasteiger partial charge is 0.493 e. The van der Waals surface area contributed by atoms with Gasteiger partial charge in [-0.25, -0.2) is 4.98 Å². The molecule has 2 aromatic carbocycles. The van der Waals surface area contributed by atoms with Gasteiger partial charge in [0.2, 0.25) is 11.8 Å². The van der Waals surface area contributed by atoms with Crippen LogP contribution in [-0.2, 0) is 11.2 Å². The molecule has 174 valence electrons. The topological polar surface area (TPSA) is 82.0 Å². The Morgan fingerprint density at radius 1 is 1.03 bits per heavy atom. The van der Waals surface area contributed by atoms with Gasteiger partial charge in [0.25, 0.3) is 0 Å². The average molecular weight is 458 g/mol. The van der Waals surface area contributed by atoms with Crippen molar-refractivity contribution in [3.8, 4) is 17.4 Å². The van der Waals surface area contributed by atoms with E-state index in [1.165, 1.54) is 5.56 Å². The number of benzene rings is 2. The van der Waals surface area contributed by atoms with E-state index >= 15 is 0 Å². The number of rotatable bonds is 9. The van der Waals surface area contributed by atoms with Gasteiger partial charge in [-0.05, 0) is 36.6 Å². The van der Waals surface area contributed by atoms with E-state index in [2.05, 4.69) is 27.4 Å². The van der Waals surface area contributed by atoms with E-state index in [9.17, 15) is 4.79 Å². The van der Waals surface area contributed by atoms with Crippen LogP contribution in [0.4, 0.5) is 5.69 Å². The van der Waals surface area contributed by atoms with Crippen LogP contribution in [-0.4, -0.2) is 31.7 Å². The quantitative estimate of drug-likeness (QED) is 0.532. The minimum atomic E-state index is -0.0379. The van der Waals surface area contributed by atoms with E-state index in [0.29, 0.717) is 41.8 Å². The van der Waals surface area contributed by atoms with Crippen LogP contribution >= 0.6 is 0 Å². The predicted molar refractivity (Wildman–Crippen MR) is 131 cm³/mol. The van der Waals surface area contributed by atoms with Crippen LogP contribution in [0.25, 0.3) is 5.76 Å². The van der Waals surface area contributed by atoms with E-state index in [1.54, 1.807) is 32.5 Å². The summed E-state index contributed by atoms with van der Waals surface area (Å²) in [5, 5.41) is 4.42. The van der Waals surface area contributed by atoms with Crippen LogP contribution in [0.2, 0.25) is 0 Å².